The first-order valence-electron chi connectivity index (χ1n) is 7.61. The Bertz CT molecular complexity index is 954. The van der Waals surface area contributed by atoms with Gasteiger partial charge in [0.25, 0.3) is 5.91 Å². The molecule has 7 heteroatoms. The number of carbonyl (C=O) groups is 2. The Balaban J connectivity index is 1.58. The molecule has 3 aromatic rings. The summed E-state index contributed by atoms with van der Waals surface area (Å²) in [5.41, 5.74) is 0.461. The van der Waals surface area contributed by atoms with Crippen LogP contribution in [0.4, 0.5) is 9.18 Å². The molecule has 0 aliphatic carbocycles. The lowest BCUT2D eigenvalue weighted by Crippen LogP contribution is -2.31. The molecule has 5 nitrogen and oxygen atoms in total. The third-order valence-corrected chi connectivity index (χ3v) is 3.81. The normalized spacial score (nSPS) is 10.4. The molecule has 1 N–H and O–H groups in total. The molecule has 1 heterocycles. The molecule has 3 rings (SSSR count). The van der Waals surface area contributed by atoms with Gasteiger partial charge in [0.1, 0.15) is 17.3 Å². The van der Waals surface area contributed by atoms with Gasteiger partial charge in [0, 0.05) is 0 Å². The van der Waals surface area contributed by atoms with E-state index in [0.717, 1.165) is 0 Å². The predicted molar refractivity (Wildman–Crippen MR) is 93.2 cm³/mol. The second-order valence-electron chi connectivity index (χ2n) is 5.26. The Morgan fingerprint density at radius 2 is 1.77 bits per heavy atom. The topological polar surface area (TPSA) is 68.5 Å². The summed E-state index contributed by atoms with van der Waals surface area (Å²) >= 11 is 5.89. The number of hydrogen-bond donors (Lipinski definition) is 1. The van der Waals surface area contributed by atoms with E-state index in [1.165, 1.54) is 18.2 Å². The summed E-state index contributed by atoms with van der Waals surface area (Å²) in [6.45, 7) is -0.212. The summed E-state index contributed by atoms with van der Waals surface area (Å²) in [7, 11) is 0. The highest BCUT2D eigenvalue weighted by Gasteiger charge is 2.15. The quantitative estimate of drug-likeness (QED) is 0.712. The van der Waals surface area contributed by atoms with Crippen LogP contribution in [0.5, 0.6) is 0 Å². The number of rotatable bonds is 4. The van der Waals surface area contributed by atoms with Crippen LogP contribution < -0.4 is 5.32 Å². The molecule has 0 saturated heterocycles. The van der Waals surface area contributed by atoms with Crippen LogP contribution in [-0.4, -0.2) is 12.0 Å². The summed E-state index contributed by atoms with van der Waals surface area (Å²) in [4.78, 5) is 23.7. The minimum Gasteiger partial charge on any atom is -0.457 e. The van der Waals surface area contributed by atoms with Crippen molar-refractivity contribution in [2.75, 3.05) is 0 Å². The zero-order valence-electron chi connectivity index (χ0n) is 13.4. The van der Waals surface area contributed by atoms with Crippen molar-refractivity contribution < 1.29 is 23.1 Å². The summed E-state index contributed by atoms with van der Waals surface area (Å²) < 4.78 is 24.1. The molecule has 26 heavy (non-hydrogen) atoms. The lowest BCUT2D eigenvalue weighted by molar-refractivity contribution is 0.0903. The lowest BCUT2D eigenvalue weighted by Gasteiger charge is -2.06. The zero-order chi connectivity index (χ0) is 18.5. The Labute approximate surface area is 153 Å². The van der Waals surface area contributed by atoms with E-state index in [0.29, 0.717) is 17.1 Å². The molecule has 2 aromatic carbocycles. The van der Waals surface area contributed by atoms with E-state index in [2.05, 4.69) is 5.32 Å². The molecular weight excluding hydrogens is 361 g/mol. The van der Waals surface area contributed by atoms with Crippen molar-refractivity contribution in [1.29, 1.82) is 0 Å². The smallest absolute Gasteiger partial charge is 0.414 e. The van der Waals surface area contributed by atoms with Gasteiger partial charge in [-0.25, -0.2) is 9.18 Å². The first kappa shape index (κ1) is 17.7. The minimum absolute atomic E-state index is 0.158. The van der Waals surface area contributed by atoms with Crippen LogP contribution in [0.15, 0.2) is 65.1 Å². The van der Waals surface area contributed by atoms with Gasteiger partial charge in [-0.3, -0.25) is 10.1 Å². The standard InChI is InChI=1S/C19H13ClFNO4/c20-15-7-3-1-5-13(15)18(23)22-19(24)25-11-12-9-10-17(26-12)14-6-2-4-8-16(14)21/h1-10H,11H2,(H,22,23,24). The van der Waals surface area contributed by atoms with Crippen LogP contribution in [0.2, 0.25) is 5.02 Å². The lowest BCUT2D eigenvalue weighted by atomic mass is 10.1. The predicted octanol–water partition coefficient (Wildman–Crippen LogP) is 4.81. The van der Waals surface area contributed by atoms with Crippen molar-refractivity contribution >= 4 is 23.6 Å². The van der Waals surface area contributed by atoms with Gasteiger partial charge in [0.15, 0.2) is 6.61 Å². The number of amides is 2. The highest BCUT2D eigenvalue weighted by Crippen LogP contribution is 2.25. The van der Waals surface area contributed by atoms with Crippen LogP contribution in [0, 0.1) is 5.82 Å². The van der Waals surface area contributed by atoms with E-state index in [-0.39, 0.29) is 17.2 Å². The van der Waals surface area contributed by atoms with E-state index in [9.17, 15) is 14.0 Å². The Morgan fingerprint density at radius 1 is 1.04 bits per heavy atom. The maximum Gasteiger partial charge on any atom is 0.414 e. The van der Waals surface area contributed by atoms with Gasteiger partial charge in [-0.15, -0.1) is 0 Å². The van der Waals surface area contributed by atoms with E-state index >= 15 is 0 Å². The molecule has 0 aliphatic rings. The molecule has 0 fully saturated rings. The third-order valence-electron chi connectivity index (χ3n) is 3.48. The maximum atomic E-state index is 13.7. The van der Waals surface area contributed by atoms with Gasteiger partial charge in [0.2, 0.25) is 0 Å². The molecule has 0 bridgehead atoms. The van der Waals surface area contributed by atoms with Gasteiger partial charge in [-0.2, -0.15) is 0 Å². The number of alkyl carbamates (subject to hydrolysis) is 1. The zero-order valence-corrected chi connectivity index (χ0v) is 14.1. The molecule has 0 radical (unpaired) electrons. The Kier molecular flexibility index (Phi) is 5.34. The first-order chi connectivity index (χ1) is 12.5. The highest BCUT2D eigenvalue weighted by atomic mass is 35.5. The fourth-order valence-electron chi connectivity index (χ4n) is 2.24. The van der Waals surface area contributed by atoms with E-state index in [1.807, 2.05) is 0 Å². The molecule has 132 valence electrons. The van der Waals surface area contributed by atoms with E-state index in [1.54, 1.807) is 42.5 Å². The van der Waals surface area contributed by atoms with Crippen molar-refractivity contribution in [3.8, 4) is 11.3 Å². The number of ether oxygens (including phenoxy) is 1. The monoisotopic (exact) mass is 373 g/mol. The molecule has 0 unspecified atom stereocenters. The number of halogens is 2. The highest BCUT2D eigenvalue weighted by molar-refractivity contribution is 6.34. The maximum absolute atomic E-state index is 13.7. The Morgan fingerprint density at radius 3 is 2.54 bits per heavy atom. The van der Waals surface area contributed by atoms with Crippen molar-refractivity contribution in [3.05, 3.63) is 82.8 Å². The largest absolute Gasteiger partial charge is 0.457 e. The fourth-order valence-corrected chi connectivity index (χ4v) is 2.46. The van der Waals surface area contributed by atoms with Crippen LogP contribution in [0.3, 0.4) is 0 Å². The van der Waals surface area contributed by atoms with Crippen molar-refractivity contribution in [3.63, 3.8) is 0 Å². The van der Waals surface area contributed by atoms with Gasteiger partial charge >= 0.3 is 6.09 Å². The number of carbonyl (C=O) groups excluding carboxylic acids is 2. The fraction of sp³-hybridized carbons (Fsp3) is 0.0526. The molecule has 0 atom stereocenters. The summed E-state index contributed by atoms with van der Waals surface area (Å²) in [6.07, 6.45) is -0.946. The Hall–Kier alpha value is -3.12. The van der Waals surface area contributed by atoms with Crippen molar-refractivity contribution in [2.24, 2.45) is 0 Å². The van der Waals surface area contributed by atoms with E-state index in [4.69, 9.17) is 20.8 Å². The summed E-state index contributed by atoms with van der Waals surface area (Å²) in [5, 5.41) is 2.29. The second kappa shape index (κ2) is 7.84. The average molecular weight is 374 g/mol. The summed E-state index contributed by atoms with van der Waals surface area (Å²) in [6, 6.07) is 15.6. The summed E-state index contributed by atoms with van der Waals surface area (Å²) in [5.74, 6) is -0.470. The molecular formula is C19H13ClFNO4. The SMILES string of the molecule is O=C(NC(=O)c1ccccc1Cl)OCc1ccc(-c2ccccc2F)o1. The molecule has 0 saturated carbocycles. The number of furan rings is 1. The minimum atomic E-state index is -0.946. The molecule has 0 spiro atoms. The molecule has 2 amide bonds. The van der Waals surface area contributed by atoms with Crippen LogP contribution >= 0.6 is 11.6 Å². The molecule has 1 aromatic heterocycles. The van der Waals surface area contributed by atoms with Crippen LogP contribution in [0.1, 0.15) is 16.1 Å². The number of hydrogen-bond acceptors (Lipinski definition) is 4. The number of benzene rings is 2. The van der Waals surface area contributed by atoms with Gasteiger partial charge in [-0.1, -0.05) is 35.9 Å². The van der Waals surface area contributed by atoms with Gasteiger partial charge in [-0.05, 0) is 36.4 Å². The number of nitrogens with one attached hydrogen (secondary N) is 1. The third kappa shape index (κ3) is 4.10. The molecule has 0 aliphatic heterocycles. The second-order valence-corrected chi connectivity index (χ2v) is 5.66. The van der Waals surface area contributed by atoms with Gasteiger partial charge < -0.3 is 9.15 Å². The van der Waals surface area contributed by atoms with Crippen molar-refractivity contribution in [1.82, 2.24) is 5.32 Å². The van der Waals surface area contributed by atoms with Crippen molar-refractivity contribution in [2.45, 2.75) is 6.61 Å². The van der Waals surface area contributed by atoms with Gasteiger partial charge in [0.05, 0.1) is 16.1 Å². The number of imide groups is 1. The van der Waals surface area contributed by atoms with Crippen LogP contribution in [-0.2, 0) is 11.3 Å². The van der Waals surface area contributed by atoms with E-state index < -0.39 is 17.8 Å². The first-order valence-corrected chi connectivity index (χ1v) is 7.98. The van der Waals surface area contributed by atoms with Crippen LogP contribution in [0.25, 0.3) is 11.3 Å². The average Bonchev–Trinajstić information content (AvgIpc) is 3.09.